The fourth-order valence-electron chi connectivity index (χ4n) is 2.28. The predicted octanol–water partition coefficient (Wildman–Crippen LogP) is 6.68. The van der Waals surface area contributed by atoms with Crippen molar-refractivity contribution in [1.82, 2.24) is 0 Å². The van der Waals surface area contributed by atoms with Gasteiger partial charge in [-0.25, -0.2) is 4.79 Å². The summed E-state index contributed by atoms with van der Waals surface area (Å²) in [6.45, 7) is 20.8. The molecule has 0 spiro atoms. The second-order valence-electron chi connectivity index (χ2n) is 10.2. The third-order valence-electron chi connectivity index (χ3n) is 5.05. The van der Waals surface area contributed by atoms with E-state index in [0.29, 0.717) is 12.2 Å². The molecule has 32 heavy (non-hydrogen) atoms. The molecule has 0 aromatic rings. The molecule has 0 saturated carbocycles. The highest BCUT2D eigenvalue weighted by atomic mass is 28.4. The van der Waals surface area contributed by atoms with Crippen LogP contribution in [0.15, 0.2) is 47.6 Å². The van der Waals surface area contributed by atoms with Crippen LogP contribution in [0.25, 0.3) is 0 Å². The number of allylic oxidation sites excluding steroid dienone is 5. The molecule has 0 unspecified atom stereocenters. The fourth-order valence-corrected chi connectivity index (χ4v) is 3.24. The average molecular weight is 465 g/mol. The Morgan fingerprint density at radius 1 is 0.938 bits per heavy atom. The highest BCUT2D eigenvalue weighted by molar-refractivity contribution is 6.74. The van der Waals surface area contributed by atoms with Gasteiger partial charge in [0.25, 0.3) is 0 Å². The zero-order chi connectivity index (χ0) is 25.0. The molecule has 0 aliphatic carbocycles. The van der Waals surface area contributed by atoms with E-state index in [1.807, 2.05) is 58.1 Å². The molecule has 0 saturated heterocycles. The van der Waals surface area contributed by atoms with Gasteiger partial charge in [-0.05, 0) is 70.8 Å². The molecule has 0 aliphatic heterocycles. The van der Waals surface area contributed by atoms with E-state index in [9.17, 15) is 9.59 Å². The lowest BCUT2D eigenvalue weighted by molar-refractivity contribution is -0.154. The molecule has 0 rings (SSSR count). The third-order valence-corrected chi connectivity index (χ3v) is 9.52. The maximum absolute atomic E-state index is 12.6. The van der Waals surface area contributed by atoms with E-state index in [1.54, 1.807) is 13.0 Å². The smallest absolute Gasteiger partial charge is 0.334 e. The van der Waals surface area contributed by atoms with Crippen LogP contribution in [-0.2, 0) is 23.5 Å². The second kappa shape index (κ2) is 13.6. The average Bonchev–Trinajstić information content (AvgIpc) is 2.63. The van der Waals surface area contributed by atoms with Gasteiger partial charge in [-0.1, -0.05) is 51.2 Å². The third kappa shape index (κ3) is 12.8. The number of rotatable bonds is 11. The number of esters is 2. The van der Waals surface area contributed by atoms with Crippen molar-refractivity contribution in [3.05, 3.63) is 47.6 Å². The summed E-state index contributed by atoms with van der Waals surface area (Å²) in [5.41, 5.74) is 0.718. The number of hydrogen-bond acceptors (Lipinski definition) is 5. The van der Waals surface area contributed by atoms with E-state index in [4.69, 9.17) is 13.9 Å². The number of ether oxygens (including phenoxy) is 2. The van der Waals surface area contributed by atoms with Crippen molar-refractivity contribution < 1.29 is 23.5 Å². The first kappa shape index (κ1) is 30.1. The van der Waals surface area contributed by atoms with Crippen LogP contribution in [0, 0.1) is 0 Å². The highest BCUT2D eigenvalue weighted by Gasteiger charge is 2.37. The van der Waals surface area contributed by atoms with Gasteiger partial charge in [0.2, 0.25) is 0 Å². The van der Waals surface area contributed by atoms with Gasteiger partial charge in [0.15, 0.2) is 8.32 Å². The lowest BCUT2D eigenvalue weighted by Crippen LogP contribution is -2.41. The summed E-state index contributed by atoms with van der Waals surface area (Å²) in [6.07, 6.45) is 11.8. The molecule has 182 valence electrons. The Morgan fingerprint density at radius 3 is 2.06 bits per heavy atom. The van der Waals surface area contributed by atoms with Crippen LogP contribution in [0.1, 0.15) is 68.2 Å². The minimum atomic E-state index is -1.98. The molecule has 0 bridgehead atoms. The molecular weight excluding hydrogens is 420 g/mol. The first-order chi connectivity index (χ1) is 14.6. The molecular formula is C26H44O5Si. The van der Waals surface area contributed by atoms with E-state index in [2.05, 4.69) is 33.9 Å². The summed E-state index contributed by atoms with van der Waals surface area (Å²) in [6, 6.07) is 0. The van der Waals surface area contributed by atoms with Crippen LogP contribution in [-0.4, -0.2) is 39.1 Å². The van der Waals surface area contributed by atoms with Gasteiger partial charge in [-0.15, -0.1) is 0 Å². The van der Waals surface area contributed by atoms with Crippen LogP contribution < -0.4 is 0 Å². The van der Waals surface area contributed by atoms with Crippen molar-refractivity contribution in [3.8, 4) is 0 Å². The van der Waals surface area contributed by atoms with Crippen molar-refractivity contribution in [2.45, 2.75) is 92.0 Å². The molecule has 0 aliphatic rings. The van der Waals surface area contributed by atoms with Gasteiger partial charge >= 0.3 is 11.9 Å². The van der Waals surface area contributed by atoms with Crippen LogP contribution in [0.5, 0.6) is 0 Å². The number of hydrogen-bond donors (Lipinski definition) is 0. The van der Waals surface area contributed by atoms with E-state index >= 15 is 0 Å². The van der Waals surface area contributed by atoms with Gasteiger partial charge in [-0.3, -0.25) is 4.79 Å². The van der Waals surface area contributed by atoms with Crippen molar-refractivity contribution in [2.24, 2.45) is 0 Å². The normalized spacial score (nSPS) is 14.3. The van der Waals surface area contributed by atoms with Crippen LogP contribution in [0.2, 0.25) is 18.1 Å². The Labute approximate surface area is 196 Å². The van der Waals surface area contributed by atoms with E-state index in [-0.39, 0.29) is 30.5 Å². The van der Waals surface area contributed by atoms with Crippen molar-refractivity contribution in [3.63, 3.8) is 0 Å². The molecule has 0 amide bonds. The first-order valence-corrected chi connectivity index (χ1v) is 14.3. The quantitative estimate of drug-likeness (QED) is 0.148. The molecule has 0 heterocycles. The Kier molecular flexibility index (Phi) is 12.8. The summed E-state index contributed by atoms with van der Waals surface area (Å²) in [4.78, 5) is 24.8. The Bertz CT molecular complexity index is 728. The van der Waals surface area contributed by atoms with Gasteiger partial charge < -0.3 is 13.9 Å². The van der Waals surface area contributed by atoms with Gasteiger partial charge in [0, 0.05) is 12.0 Å². The maximum atomic E-state index is 12.6. The summed E-state index contributed by atoms with van der Waals surface area (Å²) in [5.74, 6) is -0.768. The summed E-state index contributed by atoms with van der Waals surface area (Å²) >= 11 is 0. The molecule has 0 aromatic carbocycles. The number of carbonyl (C=O) groups excluding carboxylic acids is 2. The van der Waals surface area contributed by atoms with Gasteiger partial charge in [0.1, 0.15) is 5.60 Å². The molecule has 0 N–H and O–H groups in total. The predicted molar refractivity (Wildman–Crippen MR) is 135 cm³/mol. The summed E-state index contributed by atoms with van der Waals surface area (Å²) in [5, 5.41) is 0.0727. The zero-order valence-electron chi connectivity index (χ0n) is 21.8. The molecule has 6 heteroatoms. The molecule has 5 nitrogen and oxygen atoms in total. The van der Waals surface area contributed by atoms with Crippen molar-refractivity contribution in [2.75, 3.05) is 13.2 Å². The number of carbonyl (C=O) groups is 2. The Hall–Kier alpha value is -1.92. The largest absolute Gasteiger partial charge is 0.463 e. The lowest BCUT2D eigenvalue weighted by atomic mass is 10.1. The van der Waals surface area contributed by atoms with Crippen molar-refractivity contribution in [1.29, 1.82) is 0 Å². The molecule has 0 radical (unpaired) electrons. The monoisotopic (exact) mass is 464 g/mol. The first-order valence-electron chi connectivity index (χ1n) is 11.3. The SMILES string of the molecule is C/C=C/C=C/C=C(/C=C(/CCC(=O)OC(C)(C)C)C(=O)OCC)CO[Si](C)(C)C(C)(C)C. The standard InChI is InChI=1S/C26H44O5Si/c1-11-13-14-15-16-21(20-30-32(9,10)26(6,7)8)19-22(24(28)29-12-2)17-18-23(27)31-25(3,4)5/h11,13-16,19H,12,17-18,20H2,1-10H3/b13-11+,15-14+,21-16-,22-19-. The molecule has 0 fully saturated rings. The fraction of sp³-hybridized carbons (Fsp3) is 0.615. The Morgan fingerprint density at radius 2 is 1.56 bits per heavy atom. The maximum Gasteiger partial charge on any atom is 0.334 e. The summed E-state index contributed by atoms with van der Waals surface area (Å²) in [7, 11) is -1.98. The van der Waals surface area contributed by atoms with Crippen LogP contribution in [0.4, 0.5) is 0 Å². The van der Waals surface area contributed by atoms with Gasteiger partial charge in [-0.2, -0.15) is 0 Å². The Balaban J connectivity index is 5.81. The minimum absolute atomic E-state index is 0.0727. The van der Waals surface area contributed by atoms with E-state index < -0.39 is 19.9 Å². The van der Waals surface area contributed by atoms with Crippen LogP contribution in [0.3, 0.4) is 0 Å². The molecule has 0 atom stereocenters. The topological polar surface area (TPSA) is 61.8 Å². The van der Waals surface area contributed by atoms with E-state index in [1.165, 1.54) is 0 Å². The van der Waals surface area contributed by atoms with Crippen LogP contribution >= 0.6 is 0 Å². The summed E-state index contributed by atoms with van der Waals surface area (Å²) < 4.78 is 17.0. The zero-order valence-corrected chi connectivity index (χ0v) is 22.8. The highest BCUT2D eigenvalue weighted by Crippen LogP contribution is 2.36. The second-order valence-corrected chi connectivity index (χ2v) is 15.0. The van der Waals surface area contributed by atoms with E-state index in [0.717, 1.165) is 5.57 Å². The van der Waals surface area contributed by atoms with Gasteiger partial charge in [0.05, 0.1) is 13.2 Å². The van der Waals surface area contributed by atoms with Crippen molar-refractivity contribution >= 4 is 20.3 Å². The lowest BCUT2D eigenvalue weighted by Gasteiger charge is -2.36. The minimum Gasteiger partial charge on any atom is -0.463 e. The molecule has 0 aromatic heterocycles.